The first-order valence-electron chi connectivity index (χ1n) is 10.2. The third-order valence-corrected chi connectivity index (χ3v) is 5.37. The zero-order valence-electron chi connectivity index (χ0n) is 18.8. The molecule has 0 spiro atoms. The third-order valence-electron chi connectivity index (χ3n) is 5.37. The van der Waals surface area contributed by atoms with Crippen molar-refractivity contribution in [3.63, 3.8) is 0 Å². The molecule has 2 aromatic carbocycles. The molecule has 7 nitrogen and oxygen atoms in total. The van der Waals surface area contributed by atoms with E-state index in [-0.39, 0.29) is 17.9 Å². The van der Waals surface area contributed by atoms with E-state index in [1.54, 1.807) is 69.3 Å². The Morgan fingerprint density at radius 3 is 2.28 bits per heavy atom. The highest BCUT2D eigenvalue weighted by atomic mass is 16.5. The van der Waals surface area contributed by atoms with E-state index in [9.17, 15) is 19.5 Å². The molecule has 0 fully saturated rings. The summed E-state index contributed by atoms with van der Waals surface area (Å²) in [7, 11) is 2.84. The number of rotatable bonds is 6. The van der Waals surface area contributed by atoms with Gasteiger partial charge in [-0.1, -0.05) is 45.0 Å². The quantitative estimate of drug-likeness (QED) is 0.687. The highest BCUT2D eigenvalue weighted by Gasteiger charge is 2.46. The van der Waals surface area contributed by atoms with E-state index in [1.165, 1.54) is 19.1 Å². The molecule has 168 valence electrons. The van der Waals surface area contributed by atoms with Crippen LogP contribution in [0.25, 0.3) is 0 Å². The number of aliphatic hydroxyl groups excluding tert-OH is 1. The summed E-state index contributed by atoms with van der Waals surface area (Å²) >= 11 is 0. The summed E-state index contributed by atoms with van der Waals surface area (Å²) in [6, 6.07) is 13.0. The number of ketones is 1. The van der Waals surface area contributed by atoms with Crippen molar-refractivity contribution in [2.24, 2.45) is 5.41 Å². The molecule has 0 bridgehead atoms. The van der Waals surface area contributed by atoms with Crippen LogP contribution >= 0.6 is 0 Å². The molecule has 1 aliphatic rings. The van der Waals surface area contributed by atoms with Crippen molar-refractivity contribution in [2.75, 3.05) is 14.2 Å². The number of methoxy groups -OCH3 is 2. The van der Waals surface area contributed by atoms with E-state index in [0.29, 0.717) is 16.9 Å². The van der Waals surface area contributed by atoms with Crippen LogP contribution in [0.4, 0.5) is 0 Å². The van der Waals surface area contributed by atoms with Crippen LogP contribution in [0.1, 0.15) is 48.3 Å². The predicted octanol–water partition coefficient (Wildman–Crippen LogP) is 3.99. The average molecular weight is 437 g/mol. The van der Waals surface area contributed by atoms with Gasteiger partial charge in [0.15, 0.2) is 11.5 Å². The topological polar surface area (TPSA) is 93.1 Å². The van der Waals surface area contributed by atoms with Crippen molar-refractivity contribution < 1.29 is 29.0 Å². The van der Waals surface area contributed by atoms with Crippen molar-refractivity contribution in [1.82, 2.24) is 4.90 Å². The number of amides is 1. The van der Waals surface area contributed by atoms with Crippen molar-refractivity contribution >= 4 is 17.7 Å². The van der Waals surface area contributed by atoms with Crippen LogP contribution in [0.3, 0.4) is 0 Å². The number of nitrogens with zero attached hydrogens (tertiary/aromatic N) is 1. The highest BCUT2D eigenvalue weighted by molar-refractivity contribution is 6.10. The van der Waals surface area contributed by atoms with Gasteiger partial charge in [0, 0.05) is 12.0 Å². The standard InChI is InChI=1S/C25H27NO6/c1-25(2,3)22(28)19-20(17-7-6-8-18(13-17)31-4)26(23(29)21(19)27)14-15-9-11-16(12-10-15)24(30)32-5/h6-13,20,27H,14H2,1-5H3. The van der Waals surface area contributed by atoms with Gasteiger partial charge >= 0.3 is 5.97 Å². The molecule has 7 heteroatoms. The Morgan fingerprint density at radius 1 is 1.06 bits per heavy atom. The smallest absolute Gasteiger partial charge is 0.337 e. The summed E-state index contributed by atoms with van der Waals surface area (Å²) in [5.74, 6) is -1.35. The summed E-state index contributed by atoms with van der Waals surface area (Å²) < 4.78 is 10.0. The maximum atomic E-state index is 13.2. The second-order valence-electron chi connectivity index (χ2n) is 8.64. The number of benzene rings is 2. The molecule has 3 rings (SSSR count). The Balaban J connectivity index is 2.05. The molecule has 0 aliphatic carbocycles. The zero-order valence-corrected chi connectivity index (χ0v) is 18.8. The van der Waals surface area contributed by atoms with Gasteiger partial charge in [0.1, 0.15) is 5.75 Å². The first-order valence-corrected chi connectivity index (χ1v) is 10.2. The summed E-state index contributed by atoms with van der Waals surface area (Å²) in [4.78, 5) is 39.5. The van der Waals surface area contributed by atoms with Gasteiger partial charge in [-0.2, -0.15) is 0 Å². The molecule has 2 aromatic rings. The molecule has 1 unspecified atom stereocenters. The van der Waals surface area contributed by atoms with E-state index in [4.69, 9.17) is 9.47 Å². The Labute approximate surface area is 187 Å². The van der Waals surface area contributed by atoms with Crippen molar-refractivity contribution in [1.29, 1.82) is 0 Å². The van der Waals surface area contributed by atoms with E-state index in [0.717, 1.165) is 5.56 Å². The number of Topliss-reactive ketones (excluding diaryl/α,β-unsaturated/α-hetero) is 1. The maximum Gasteiger partial charge on any atom is 0.337 e. The van der Waals surface area contributed by atoms with E-state index in [1.807, 2.05) is 0 Å². The van der Waals surface area contributed by atoms with Gasteiger partial charge in [0.2, 0.25) is 0 Å². The van der Waals surface area contributed by atoms with Gasteiger partial charge in [-0.25, -0.2) is 4.79 Å². The van der Waals surface area contributed by atoms with E-state index in [2.05, 4.69) is 0 Å². The lowest BCUT2D eigenvalue weighted by Crippen LogP contribution is -2.32. The normalized spacial score (nSPS) is 16.3. The maximum absolute atomic E-state index is 13.2. The SMILES string of the molecule is COC(=O)c1ccc(CN2C(=O)C(O)=C(C(=O)C(C)(C)C)C2c2cccc(OC)c2)cc1. The Hall–Kier alpha value is -3.61. The first kappa shape index (κ1) is 23.1. The number of ether oxygens (including phenoxy) is 2. The molecule has 0 saturated heterocycles. The fourth-order valence-electron chi connectivity index (χ4n) is 3.67. The van der Waals surface area contributed by atoms with Crippen LogP contribution < -0.4 is 4.74 Å². The number of aliphatic hydroxyl groups is 1. The number of esters is 1. The summed E-state index contributed by atoms with van der Waals surface area (Å²) in [5, 5.41) is 10.7. The summed E-state index contributed by atoms with van der Waals surface area (Å²) in [5.41, 5.74) is 1.05. The molecule has 32 heavy (non-hydrogen) atoms. The minimum absolute atomic E-state index is 0.0712. The molecule has 1 N–H and O–H groups in total. The van der Waals surface area contributed by atoms with Crippen LogP contribution in [-0.4, -0.2) is 41.9 Å². The van der Waals surface area contributed by atoms with E-state index >= 15 is 0 Å². The predicted molar refractivity (Wildman–Crippen MR) is 118 cm³/mol. The van der Waals surface area contributed by atoms with Crippen LogP contribution in [0.2, 0.25) is 0 Å². The number of hydrogen-bond acceptors (Lipinski definition) is 6. The van der Waals surface area contributed by atoms with Gasteiger partial charge in [0.25, 0.3) is 5.91 Å². The largest absolute Gasteiger partial charge is 0.503 e. The minimum Gasteiger partial charge on any atom is -0.503 e. The Kier molecular flexibility index (Phi) is 6.39. The van der Waals surface area contributed by atoms with Gasteiger partial charge in [0.05, 0.1) is 31.4 Å². The minimum atomic E-state index is -0.793. The van der Waals surface area contributed by atoms with Crippen LogP contribution in [0.15, 0.2) is 59.9 Å². The van der Waals surface area contributed by atoms with Gasteiger partial charge in [-0.3, -0.25) is 9.59 Å². The molecular weight excluding hydrogens is 410 g/mol. The molecule has 0 aromatic heterocycles. The first-order chi connectivity index (χ1) is 15.1. The lowest BCUT2D eigenvalue weighted by atomic mass is 9.82. The fraction of sp³-hybridized carbons (Fsp3) is 0.320. The second-order valence-corrected chi connectivity index (χ2v) is 8.64. The van der Waals surface area contributed by atoms with Crippen molar-refractivity contribution in [3.05, 3.63) is 76.6 Å². The van der Waals surface area contributed by atoms with Gasteiger partial charge in [-0.05, 0) is 35.4 Å². The van der Waals surface area contributed by atoms with E-state index < -0.39 is 29.1 Å². The van der Waals surface area contributed by atoms with Crippen LogP contribution in [0.5, 0.6) is 5.75 Å². The molecular formula is C25H27NO6. The van der Waals surface area contributed by atoms with Gasteiger partial charge < -0.3 is 19.5 Å². The lowest BCUT2D eigenvalue weighted by Gasteiger charge is -2.29. The molecule has 1 amide bonds. The van der Waals surface area contributed by atoms with Crippen molar-refractivity contribution in [2.45, 2.75) is 33.4 Å². The molecule has 0 radical (unpaired) electrons. The number of carbonyl (C=O) groups excluding carboxylic acids is 3. The molecule has 1 heterocycles. The van der Waals surface area contributed by atoms with Crippen LogP contribution in [-0.2, 0) is 20.9 Å². The third kappa shape index (κ3) is 4.37. The second kappa shape index (κ2) is 8.86. The number of hydrogen-bond donors (Lipinski definition) is 1. The summed E-state index contributed by atoms with van der Waals surface area (Å²) in [6.07, 6.45) is 0. The summed E-state index contributed by atoms with van der Waals surface area (Å²) in [6.45, 7) is 5.37. The van der Waals surface area contributed by atoms with Crippen LogP contribution in [0, 0.1) is 5.41 Å². The lowest BCUT2D eigenvalue weighted by molar-refractivity contribution is -0.130. The molecule has 1 atom stereocenters. The zero-order chi connectivity index (χ0) is 23.6. The number of carbonyl (C=O) groups is 3. The Bertz CT molecular complexity index is 1080. The van der Waals surface area contributed by atoms with Crippen molar-refractivity contribution in [3.8, 4) is 5.75 Å². The monoisotopic (exact) mass is 437 g/mol. The highest BCUT2D eigenvalue weighted by Crippen LogP contribution is 2.42. The van der Waals surface area contributed by atoms with Gasteiger partial charge in [-0.15, -0.1) is 0 Å². The molecule has 1 aliphatic heterocycles. The average Bonchev–Trinajstić information content (AvgIpc) is 3.02. The fourth-order valence-corrected chi connectivity index (χ4v) is 3.67. The molecule has 0 saturated carbocycles. The Morgan fingerprint density at radius 2 is 1.72 bits per heavy atom.